The van der Waals surface area contributed by atoms with Gasteiger partial charge in [0.15, 0.2) is 0 Å². The Morgan fingerprint density at radius 3 is 3.22 bits per heavy atom. The number of rotatable bonds is 4. The van der Waals surface area contributed by atoms with Crippen molar-refractivity contribution in [2.45, 2.75) is 13.0 Å². The number of carbonyl (C=O) groups excluding carboxylic acids is 1. The van der Waals surface area contributed by atoms with Gasteiger partial charge in [0.2, 0.25) is 5.91 Å². The summed E-state index contributed by atoms with van der Waals surface area (Å²) in [6, 6.07) is 0. The molecular formula is C12H16N2O3S. The van der Waals surface area contributed by atoms with Gasteiger partial charge in [0, 0.05) is 18.0 Å². The molecule has 1 aromatic rings. The summed E-state index contributed by atoms with van der Waals surface area (Å²) in [5.41, 5.74) is 0.810. The second kappa shape index (κ2) is 6.63. The van der Waals surface area contributed by atoms with Gasteiger partial charge in [-0.3, -0.25) is 4.79 Å². The third-order valence-electron chi connectivity index (χ3n) is 2.43. The standard InChI is InChI=1S/C12H16N2O3S/c1-9-14-10(8-18-9)2-3-12(15)13-6-11-7-16-4-5-17-11/h2-3,8,11H,4-7H2,1H3,(H,13,15). The number of carbonyl (C=O) groups is 1. The van der Waals surface area contributed by atoms with Gasteiger partial charge in [-0.25, -0.2) is 4.98 Å². The van der Waals surface area contributed by atoms with Gasteiger partial charge in [-0.15, -0.1) is 11.3 Å². The molecule has 1 aliphatic rings. The zero-order chi connectivity index (χ0) is 12.8. The Labute approximate surface area is 110 Å². The molecule has 0 spiro atoms. The van der Waals surface area contributed by atoms with E-state index in [9.17, 15) is 4.79 Å². The number of thiazole rings is 1. The molecule has 2 rings (SSSR count). The van der Waals surface area contributed by atoms with Gasteiger partial charge in [0.05, 0.1) is 36.6 Å². The molecule has 5 nitrogen and oxygen atoms in total. The molecule has 2 heterocycles. The predicted molar refractivity (Wildman–Crippen MR) is 69.5 cm³/mol. The Balaban J connectivity index is 1.73. The van der Waals surface area contributed by atoms with Crippen molar-refractivity contribution in [2.75, 3.05) is 26.4 Å². The molecule has 6 heteroatoms. The summed E-state index contributed by atoms with van der Waals surface area (Å²) >= 11 is 1.56. The molecule has 0 aliphatic carbocycles. The van der Waals surface area contributed by atoms with Crippen LogP contribution < -0.4 is 5.32 Å². The van der Waals surface area contributed by atoms with E-state index in [-0.39, 0.29) is 12.0 Å². The molecule has 1 N–H and O–H groups in total. The number of nitrogens with zero attached hydrogens (tertiary/aromatic N) is 1. The highest BCUT2D eigenvalue weighted by Gasteiger charge is 2.14. The summed E-state index contributed by atoms with van der Waals surface area (Å²) in [7, 11) is 0. The maximum Gasteiger partial charge on any atom is 0.244 e. The molecule has 0 bridgehead atoms. The van der Waals surface area contributed by atoms with Crippen LogP contribution in [0.4, 0.5) is 0 Å². The minimum absolute atomic E-state index is 0.0439. The number of amides is 1. The van der Waals surface area contributed by atoms with E-state index >= 15 is 0 Å². The van der Waals surface area contributed by atoms with Gasteiger partial charge in [-0.05, 0) is 13.0 Å². The monoisotopic (exact) mass is 268 g/mol. The minimum Gasteiger partial charge on any atom is -0.376 e. The summed E-state index contributed by atoms with van der Waals surface area (Å²) in [5, 5.41) is 5.68. The van der Waals surface area contributed by atoms with Crippen LogP contribution in [0, 0.1) is 6.92 Å². The van der Waals surface area contributed by atoms with E-state index in [1.54, 1.807) is 17.4 Å². The molecule has 1 amide bonds. The summed E-state index contributed by atoms with van der Waals surface area (Å²) in [4.78, 5) is 15.8. The van der Waals surface area contributed by atoms with E-state index in [1.807, 2.05) is 12.3 Å². The Morgan fingerprint density at radius 1 is 1.67 bits per heavy atom. The number of aryl methyl sites for hydroxylation is 1. The molecule has 1 atom stereocenters. The minimum atomic E-state index is -0.144. The lowest BCUT2D eigenvalue weighted by atomic mass is 10.3. The average Bonchev–Trinajstić information content (AvgIpc) is 2.81. The van der Waals surface area contributed by atoms with E-state index in [2.05, 4.69) is 10.3 Å². The van der Waals surface area contributed by atoms with Crippen LogP contribution in [0.5, 0.6) is 0 Å². The second-order valence-corrected chi connectivity index (χ2v) is 5.00. The van der Waals surface area contributed by atoms with Crippen molar-refractivity contribution in [3.8, 4) is 0 Å². The van der Waals surface area contributed by atoms with Crippen molar-refractivity contribution < 1.29 is 14.3 Å². The largest absolute Gasteiger partial charge is 0.376 e. The van der Waals surface area contributed by atoms with Crippen LogP contribution in [0.1, 0.15) is 10.7 Å². The van der Waals surface area contributed by atoms with E-state index in [0.717, 1.165) is 10.7 Å². The maximum atomic E-state index is 11.5. The summed E-state index contributed by atoms with van der Waals surface area (Å²) < 4.78 is 10.7. The lowest BCUT2D eigenvalue weighted by Gasteiger charge is -2.22. The van der Waals surface area contributed by atoms with Crippen LogP contribution in [-0.2, 0) is 14.3 Å². The highest BCUT2D eigenvalue weighted by Crippen LogP contribution is 2.08. The molecule has 98 valence electrons. The first-order chi connectivity index (χ1) is 8.74. The smallest absolute Gasteiger partial charge is 0.244 e. The SMILES string of the molecule is Cc1nc(C=CC(=O)NCC2COCCO2)cs1. The topological polar surface area (TPSA) is 60.5 Å². The number of hydrogen-bond acceptors (Lipinski definition) is 5. The molecule has 0 saturated carbocycles. The normalized spacial score (nSPS) is 20.2. The molecule has 0 aromatic carbocycles. The van der Waals surface area contributed by atoms with E-state index in [4.69, 9.17) is 9.47 Å². The van der Waals surface area contributed by atoms with Crippen molar-refractivity contribution in [1.29, 1.82) is 0 Å². The Morgan fingerprint density at radius 2 is 2.56 bits per heavy atom. The Kier molecular flexibility index (Phi) is 4.86. The van der Waals surface area contributed by atoms with Gasteiger partial charge in [0.25, 0.3) is 0 Å². The fraction of sp³-hybridized carbons (Fsp3) is 0.500. The molecular weight excluding hydrogens is 252 g/mol. The van der Waals surface area contributed by atoms with Crippen molar-refractivity contribution in [2.24, 2.45) is 0 Å². The second-order valence-electron chi connectivity index (χ2n) is 3.94. The van der Waals surface area contributed by atoms with Crippen LogP contribution in [0.25, 0.3) is 6.08 Å². The molecule has 0 radical (unpaired) electrons. The number of hydrogen-bond donors (Lipinski definition) is 1. The molecule has 1 aromatic heterocycles. The summed E-state index contributed by atoms with van der Waals surface area (Å²) in [6.07, 6.45) is 3.15. The zero-order valence-electron chi connectivity index (χ0n) is 10.2. The zero-order valence-corrected chi connectivity index (χ0v) is 11.0. The van der Waals surface area contributed by atoms with Crippen molar-refractivity contribution in [1.82, 2.24) is 10.3 Å². The van der Waals surface area contributed by atoms with Crippen LogP contribution in [0.2, 0.25) is 0 Å². The highest BCUT2D eigenvalue weighted by atomic mass is 32.1. The van der Waals surface area contributed by atoms with Crippen molar-refractivity contribution >= 4 is 23.3 Å². The van der Waals surface area contributed by atoms with E-state index < -0.39 is 0 Å². The average molecular weight is 268 g/mol. The van der Waals surface area contributed by atoms with Crippen molar-refractivity contribution in [3.05, 3.63) is 22.2 Å². The van der Waals surface area contributed by atoms with Crippen LogP contribution in [0.3, 0.4) is 0 Å². The summed E-state index contributed by atoms with van der Waals surface area (Å²) in [5.74, 6) is -0.144. The molecule has 1 unspecified atom stereocenters. The van der Waals surface area contributed by atoms with E-state index in [1.165, 1.54) is 6.08 Å². The molecule has 18 heavy (non-hydrogen) atoms. The van der Waals surface area contributed by atoms with Gasteiger partial charge < -0.3 is 14.8 Å². The van der Waals surface area contributed by atoms with Gasteiger partial charge >= 0.3 is 0 Å². The van der Waals surface area contributed by atoms with Crippen LogP contribution in [-0.4, -0.2) is 43.4 Å². The Hall–Kier alpha value is -1.24. The van der Waals surface area contributed by atoms with Crippen LogP contribution in [0.15, 0.2) is 11.5 Å². The summed E-state index contributed by atoms with van der Waals surface area (Å²) in [6.45, 7) is 4.17. The molecule has 1 aliphatic heterocycles. The first-order valence-corrected chi connectivity index (χ1v) is 6.69. The first kappa shape index (κ1) is 13.2. The first-order valence-electron chi connectivity index (χ1n) is 5.81. The lowest BCUT2D eigenvalue weighted by molar-refractivity contribution is -0.119. The maximum absolute atomic E-state index is 11.5. The number of ether oxygens (including phenoxy) is 2. The quantitative estimate of drug-likeness (QED) is 0.828. The van der Waals surface area contributed by atoms with Crippen molar-refractivity contribution in [3.63, 3.8) is 0 Å². The predicted octanol–water partition coefficient (Wildman–Crippen LogP) is 0.996. The van der Waals surface area contributed by atoms with Crippen LogP contribution >= 0.6 is 11.3 Å². The fourth-order valence-electron chi connectivity index (χ4n) is 1.55. The fourth-order valence-corrected chi connectivity index (χ4v) is 2.13. The molecule has 1 saturated heterocycles. The lowest BCUT2D eigenvalue weighted by Crippen LogP contribution is -2.39. The third kappa shape index (κ3) is 4.21. The third-order valence-corrected chi connectivity index (χ3v) is 3.22. The number of nitrogens with one attached hydrogen (secondary N) is 1. The van der Waals surface area contributed by atoms with Gasteiger partial charge in [-0.1, -0.05) is 0 Å². The van der Waals surface area contributed by atoms with Gasteiger partial charge in [-0.2, -0.15) is 0 Å². The molecule has 1 fully saturated rings. The number of aromatic nitrogens is 1. The van der Waals surface area contributed by atoms with E-state index in [0.29, 0.717) is 26.4 Å². The van der Waals surface area contributed by atoms with Gasteiger partial charge in [0.1, 0.15) is 0 Å². The highest BCUT2D eigenvalue weighted by molar-refractivity contribution is 7.09. The Bertz CT molecular complexity index is 425.